The fourth-order valence-electron chi connectivity index (χ4n) is 10.8. The molecule has 0 saturated carbocycles. The minimum Gasteiger partial charge on any atom is -0.497 e. The molecule has 12 rings (SSSR count). The number of carbonyl (C=O) groups is 6. The first-order chi connectivity index (χ1) is 48.5. The molecule has 0 atom stereocenters. The van der Waals surface area contributed by atoms with Crippen molar-refractivity contribution in [3.05, 3.63) is 287 Å². The summed E-state index contributed by atoms with van der Waals surface area (Å²) in [6, 6.07) is 74.1. The molecule has 0 saturated heterocycles. The van der Waals surface area contributed by atoms with Gasteiger partial charge in [0.15, 0.2) is 0 Å². The maximum atomic E-state index is 13.4. The number of carboxylic acids is 2. The van der Waals surface area contributed by atoms with Crippen LogP contribution in [0.25, 0.3) is 67.9 Å². The standard InChI is InChI=1S/2C40H34N4O6/c1-26-3-9-29(10-4-26)30-13-15-32(16-14-30)39-42-38(43-50-39)31-11-5-28(6-12-31)24-44(25-37(46)47)40(48)33-17-19-34(20-18-33)41-36(45)23-27-7-21-35(49-2)22-8-27;1-26-7-11-28(12-8-26)29-15-17-31(18-16-29)39-42-38(43-50-39)30-13-9-27(10-14-30)24-44(25-37(46)47)40(48)32-19-21-34(22-20-32)41-36(45)23-33-5-3-4-6-35(33)49-2/h2*3-22H,23-25H2,1-2H3,(H,41,45)(H,46,47). The van der Waals surface area contributed by atoms with E-state index in [-0.39, 0.29) is 43.3 Å². The highest BCUT2D eigenvalue weighted by Crippen LogP contribution is 2.30. The van der Waals surface area contributed by atoms with Crippen LogP contribution in [-0.2, 0) is 45.1 Å². The molecule has 0 aliphatic heterocycles. The van der Waals surface area contributed by atoms with Gasteiger partial charge in [-0.15, -0.1) is 0 Å². The van der Waals surface area contributed by atoms with E-state index in [9.17, 15) is 39.0 Å². The number of aliphatic carboxylic acids is 2. The van der Waals surface area contributed by atoms with Crippen LogP contribution in [0, 0.1) is 13.8 Å². The topological polar surface area (TPSA) is 270 Å². The summed E-state index contributed by atoms with van der Waals surface area (Å²) in [5.41, 5.74) is 14.5. The van der Waals surface area contributed by atoms with Gasteiger partial charge < -0.3 is 49.2 Å². The van der Waals surface area contributed by atoms with E-state index in [2.05, 4.69) is 93.3 Å². The molecule has 0 aliphatic carbocycles. The molecule has 0 bridgehead atoms. The molecule has 0 fully saturated rings. The minimum absolute atomic E-state index is 0.0631. The first kappa shape index (κ1) is 68.3. The lowest BCUT2D eigenvalue weighted by Gasteiger charge is -2.21. The van der Waals surface area contributed by atoms with Crippen molar-refractivity contribution in [3.63, 3.8) is 0 Å². The first-order valence-corrected chi connectivity index (χ1v) is 31.8. The molecule has 100 heavy (non-hydrogen) atoms. The number of aromatic nitrogens is 4. The van der Waals surface area contributed by atoms with E-state index < -0.39 is 36.8 Å². The third-order valence-electron chi connectivity index (χ3n) is 16.2. The normalized spacial score (nSPS) is 10.8. The number of anilines is 2. The number of rotatable bonds is 24. The van der Waals surface area contributed by atoms with Gasteiger partial charge >= 0.3 is 11.9 Å². The lowest BCUT2D eigenvalue weighted by Crippen LogP contribution is -2.35. The number of aryl methyl sites for hydroxylation is 2. The van der Waals surface area contributed by atoms with Gasteiger partial charge in [0.05, 0.1) is 27.1 Å². The molecule has 4 N–H and O–H groups in total. The van der Waals surface area contributed by atoms with Crippen LogP contribution in [0.2, 0.25) is 0 Å². The maximum absolute atomic E-state index is 13.4. The predicted octanol–water partition coefficient (Wildman–Crippen LogP) is 14.6. The Morgan fingerprint density at radius 2 is 0.760 bits per heavy atom. The van der Waals surface area contributed by atoms with Gasteiger partial charge in [0, 0.05) is 63.4 Å². The number of carboxylic acid groups (broad SMARTS) is 2. The molecule has 0 aliphatic rings. The molecular weight excluding hydrogens is 1260 g/mol. The molecule has 2 aromatic heterocycles. The van der Waals surface area contributed by atoms with Crippen molar-refractivity contribution < 1.29 is 57.5 Å². The number of benzene rings is 10. The van der Waals surface area contributed by atoms with Gasteiger partial charge in [-0.1, -0.05) is 173 Å². The van der Waals surface area contributed by atoms with Gasteiger partial charge in [-0.25, -0.2) is 0 Å². The maximum Gasteiger partial charge on any atom is 0.323 e. The number of hydrogen-bond acceptors (Lipinski definition) is 14. The number of hydrogen-bond donors (Lipinski definition) is 4. The number of carbonyl (C=O) groups excluding carboxylic acids is 4. The summed E-state index contributed by atoms with van der Waals surface area (Å²) >= 11 is 0. The van der Waals surface area contributed by atoms with Gasteiger partial charge in [-0.3, -0.25) is 28.8 Å². The zero-order chi connectivity index (χ0) is 70.1. The average Bonchev–Trinajstić information content (AvgIpc) is 1.25. The van der Waals surface area contributed by atoms with Gasteiger partial charge in [0.2, 0.25) is 23.5 Å². The Kier molecular flexibility index (Phi) is 21.9. The number of nitrogens with zero attached hydrogens (tertiary/aromatic N) is 6. The molecule has 500 valence electrons. The number of para-hydroxylation sites is 1. The average molecular weight is 1330 g/mol. The highest BCUT2D eigenvalue weighted by molar-refractivity contribution is 5.99. The van der Waals surface area contributed by atoms with E-state index in [0.717, 1.165) is 55.6 Å². The van der Waals surface area contributed by atoms with Crippen LogP contribution < -0.4 is 20.1 Å². The number of methoxy groups -OCH3 is 2. The molecule has 20 nitrogen and oxygen atoms in total. The minimum atomic E-state index is -1.14. The number of ether oxygens (including phenoxy) is 2. The van der Waals surface area contributed by atoms with Crippen LogP contribution in [0.4, 0.5) is 11.4 Å². The zero-order valence-corrected chi connectivity index (χ0v) is 55.0. The Hall–Kier alpha value is -13.1. The molecule has 0 spiro atoms. The highest BCUT2D eigenvalue weighted by Gasteiger charge is 2.23. The fourth-order valence-corrected chi connectivity index (χ4v) is 10.8. The van der Waals surface area contributed by atoms with Crippen molar-refractivity contribution >= 4 is 46.9 Å². The SMILES string of the molecule is COc1ccc(CC(=O)Nc2ccc(C(=O)N(CC(=O)O)Cc3ccc(-c4noc(-c5ccc(-c6ccc(C)cc6)cc5)n4)cc3)cc2)cc1.COc1ccccc1CC(=O)Nc1ccc(C(=O)N(CC(=O)O)Cc2ccc(-c3noc(-c4ccc(-c5ccc(C)cc5)cc4)n3)cc2)cc1. The zero-order valence-electron chi connectivity index (χ0n) is 55.0. The summed E-state index contributed by atoms with van der Waals surface area (Å²) in [6.45, 7) is 3.26. The number of nitrogens with one attached hydrogen (secondary N) is 2. The van der Waals surface area contributed by atoms with Crippen LogP contribution >= 0.6 is 0 Å². The summed E-state index contributed by atoms with van der Waals surface area (Å²) in [6.07, 6.45) is 0.291. The quantitative estimate of drug-likeness (QED) is 0.0438. The third-order valence-corrected chi connectivity index (χ3v) is 16.2. The van der Waals surface area contributed by atoms with Gasteiger partial charge in [0.1, 0.15) is 24.6 Å². The van der Waals surface area contributed by atoms with E-state index in [1.54, 1.807) is 129 Å². The Morgan fingerprint density at radius 1 is 0.400 bits per heavy atom. The molecule has 12 aromatic rings. The molecule has 0 unspecified atom stereocenters. The van der Waals surface area contributed by atoms with Crippen molar-refractivity contribution in [2.24, 2.45) is 0 Å². The van der Waals surface area contributed by atoms with Crippen molar-refractivity contribution in [2.75, 3.05) is 37.9 Å². The molecule has 0 radical (unpaired) electrons. The van der Waals surface area contributed by atoms with E-state index >= 15 is 0 Å². The van der Waals surface area contributed by atoms with Crippen molar-refractivity contribution in [2.45, 2.75) is 39.8 Å². The van der Waals surface area contributed by atoms with Crippen molar-refractivity contribution in [1.29, 1.82) is 0 Å². The van der Waals surface area contributed by atoms with Crippen LogP contribution in [0.1, 0.15) is 54.1 Å². The summed E-state index contributed by atoms with van der Waals surface area (Å²) < 4.78 is 21.6. The monoisotopic (exact) mass is 1330 g/mol. The molecule has 2 heterocycles. The second-order valence-corrected chi connectivity index (χ2v) is 23.5. The lowest BCUT2D eigenvalue weighted by atomic mass is 10.0. The van der Waals surface area contributed by atoms with Gasteiger partial charge in [-0.2, -0.15) is 9.97 Å². The Morgan fingerprint density at radius 3 is 1.15 bits per heavy atom. The van der Waals surface area contributed by atoms with Crippen molar-refractivity contribution in [3.8, 4) is 79.4 Å². The Balaban J connectivity index is 0.000000202. The summed E-state index contributed by atoms with van der Waals surface area (Å²) in [5, 5.41) is 33.0. The first-order valence-electron chi connectivity index (χ1n) is 31.8. The van der Waals surface area contributed by atoms with Crippen LogP contribution in [0.3, 0.4) is 0 Å². The summed E-state index contributed by atoms with van der Waals surface area (Å²) in [7, 11) is 3.13. The van der Waals surface area contributed by atoms with Gasteiger partial charge in [-0.05, 0) is 144 Å². The smallest absolute Gasteiger partial charge is 0.323 e. The Bertz CT molecular complexity index is 4810. The Labute approximate surface area is 576 Å². The summed E-state index contributed by atoms with van der Waals surface area (Å²) in [5.74, 6) is -0.723. The fraction of sp³-hybridized carbons (Fsp3) is 0.125. The predicted molar refractivity (Wildman–Crippen MR) is 379 cm³/mol. The van der Waals surface area contributed by atoms with Crippen LogP contribution in [0.15, 0.2) is 252 Å². The van der Waals surface area contributed by atoms with E-state index in [1.807, 2.05) is 78.9 Å². The van der Waals surface area contributed by atoms with E-state index in [0.29, 0.717) is 63.0 Å². The molecular formula is C80H68N8O12. The van der Waals surface area contributed by atoms with Crippen molar-refractivity contribution in [1.82, 2.24) is 30.1 Å². The molecule has 4 amide bonds. The second-order valence-electron chi connectivity index (χ2n) is 23.5. The van der Waals surface area contributed by atoms with E-state index in [4.69, 9.17) is 18.5 Å². The number of amides is 4. The van der Waals surface area contributed by atoms with Crippen LogP contribution in [-0.4, -0.2) is 103 Å². The molecule has 10 aromatic carbocycles. The molecule has 20 heteroatoms. The third kappa shape index (κ3) is 18.1. The highest BCUT2D eigenvalue weighted by atomic mass is 16.5. The second kappa shape index (κ2) is 32.1. The summed E-state index contributed by atoms with van der Waals surface area (Å²) in [4.78, 5) is 87.0. The van der Waals surface area contributed by atoms with E-state index in [1.165, 1.54) is 20.9 Å². The van der Waals surface area contributed by atoms with Gasteiger partial charge in [0.25, 0.3) is 23.6 Å². The van der Waals surface area contributed by atoms with Crippen LogP contribution in [0.5, 0.6) is 11.5 Å². The largest absolute Gasteiger partial charge is 0.497 e. The lowest BCUT2D eigenvalue weighted by molar-refractivity contribution is -0.138.